The Morgan fingerprint density at radius 2 is 2.45 bits per heavy atom. The van der Waals surface area contributed by atoms with Crippen LogP contribution in [0.4, 0.5) is 0 Å². The van der Waals surface area contributed by atoms with Crippen LogP contribution < -0.4 is 5.32 Å². The third-order valence-corrected chi connectivity index (χ3v) is 1.37. The van der Waals surface area contributed by atoms with Crippen molar-refractivity contribution in [3.05, 3.63) is 0 Å². The summed E-state index contributed by atoms with van der Waals surface area (Å²) in [4.78, 5) is 10.4. The van der Waals surface area contributed by atoms with Gasteiger partial charge in [0.1, 0.15) is 4.99 Å². The molecule has 0 radical (unpaired) electrons. The fourth-order valence-corrected chi connectivity index (χ4v) is 0.800. The van der Waals surface area contributed by atoms with Crippen LogP contribution in [-0.4, -0.2) is 22.6 Å². The standard InChI is InChI=1S/C6H8N2O2S/c1-2-8-5(11)4(3-7)6(9)10/h4H,2H2,1H3,(H,8,11)(H,9,10). The smallest absolute Gasteiger partial charge is 0.327 e. The number of aliphatic carboxylic acids is 1. The molecule has 0 amide bonds. The Morgan fingerprint density at radius 1 is 1.91 bits per heavy atom. The van der Waals surface area contributed by atoms with Gasteiger partial charge in [0.15, 0.2) is 5.92 Å². The van der Waals surface area contributed by atoms with Crippen molar-refractivity contribution in [2.24, 2.45) is 5.92 Å². The number of hydrogen-bond donors (Lipinski definition) is 2. The Morgan fingerprint density at radius 3 is 2.73 bits per heavy atom. The number of carboxylic acid groups (broad SMARTS) is 1. The second-order valence-electron chi connectivity index (χ2n) is 1.79. The lowest BCUT2D eigenvalue weighted by Crippen LogP contribution is -2.32. The normalized spacial score (nSPS) is 11.3. The predicted molar refractivity (Wildman–Crippen MR) is 43.0 cm³/mol. The van der Waals surface area contributed by atoms with Crippen LogP contribution in [0.25, 0.3) is 0 Å². The van der Waals surface area contributed by atoms with E-state index < -0.39 is 11.9 Å². The maximum atomic E-state index is 10.3. The molecule has 0 aromatic rings. The lowest BCUT2D eigenvalue weighted by atomic mass is 10.2. The number of hydrogen-bond acceptors (Lipinski definition) is 3. The summed E-state index contributed by atoms with van der Waals surface area (Å²) in [5.41, 5.74) is 0. The monoisotopic (exact) mass is 172 g/mol. The quantitative estimate of drug-likeness (QED) is 0.593. The molecule has 1 unspecified atom stereocenters. The van der Waals surface area contributed by atoms with Crippen LogP contribution in [0.5, 0.6) is 0 Å². The molecule has 0 saturated carbocycles. The van der Waals surface area contributed by atoms with Gasteiger partial charge in [0.05, 0.1) is 6.07 Å². The van der Waals surface area contributed by atoms with Crippen LogP contribution in [0.3, 0.4) is 0 Å². The zero-order valence-corrected chi connectivity index (χ0v) is 6.81. The van der Waals surface area contributed by atoms with Gasteiger partial charge in [-0.05, 0) is 6.92 Å². The molecule has 5 heteroatoms. The zero-order chi connectivity index (χ0) is 8.85. The summed E-state index contributed by atoms with van der Waals surface area (Å²) in [6.45, 7) is 2.31. The lowest BCUT2D eigenvalue weighted by molar-refractivity contribution is -0.137. The van der Waals surface area contributed by atoms with Gasteiger partial charge in [0.25, 0.3) is 0 Å². The first-order valence-corrected chi connectivity index (χ1v) is 3.44. The molecule has 0 aliphatic heterocycles. The van der Waals surface area contributed by atoms with Crippen LogP contribution in [0.2, 0.25) is 0 Å². The number of thiocarbonyl (C=S) groups is 1. The van der Waals surface area contributed by atoms with Gasteiger partial charge in [-0.25, -0.2) is 0 Å². The van der Waals surface area contributed by atoms with Crippen molar-refractivity contribution in [2.45, 2.75) is 6.92 Å². The van der Waals surface area contributed by atoms with Crippen molar-refractivity contribution < 1.29 is 9.90 Å². The van der Waals surface area contributed by atoms with E-state index in [1.807, 2.05) is 0 Å². The predicted octanol–water partition coefficient (Wildman–Crippen LogP) is 0.148. The zero-order valence-electron chi connectivity index (χ0n) is 6.00. The van der Waals surface area contributed by atoms with Crippen molar-refractivity contribution in [2.75, 3.05) is 6.54 Å². The highest BCUT2D eigenvalue weighted by Gasteiger charge is 2.20. The molecular formula is C6H8N2O2S. The van der Waals surface area contributed by atoms with E-state index in [2.05, 4.69) is 17.5 Å². The van der Waals surface area contributed by atoms with Gasteiger partial charge < -0.3 is 10.4 Å². The van der Waals surface area contributed by atoms with E-state index in [1.54, 1.807) is 13.0 Å². The minimum Gasteiger partial charge on any atom is -0.480 e. The molecule has 0 saturated heterocycles. The average molecular weight is 172 g/mol. The highest BCUT2D eigenvalue weighted by Crippen LogP contribution is 1.95. The molecule has 11 heavy (non-hydrogen) atoms. The average Bonchev–Trinajstić information content (AvgIpc) is 1.88. The number of carbonyl (C=O) groups is 1. The maximum absolute atomic E-state index is 10.3. The summed E-state index contributed by atoms with van der Waals surface area (Å²) in [5, 5.41) is 19.4. The molecule has 0 bridgehead atoms. The number of nitriles is 1. The second kappa shape index (κ2) is 4.63. The van der Waals surface area contributed by atoms with Crippen LogP contribution in [0, 0.1) is 17.2 Å². The molecule has 0 aromatic heterocycles. The summed E-state index contributed by atoms with van der Waals surface area (Å²) >= 11 is 4.64. The summed E-state index contributed by atoms with van der Waals surface area (Å²) in [6, 6.07) is 1.58. The number of carboxylic acids is 1. The number of rotatable bonds is 3. The van der Waals surface area contributed by atoms with E-state index in [-0.39, 0.29) is 4.99 Å². The van der Waals surface area contributed by atoms with Crippen LogP contribution in [-0.2, 0) is 4.79 Å². The van der Waals surface area contributed by atoms with Crippen LogP contribution in [0.1, 0.15) is 6.92 Å². The third-order valence-electron chi connectivity index (χ3n) is 0.989. The molecule has 0 fully saturated rings. The molecule has 2 N–H and O–H groups in total. The SMILES string of the molecule is CCNC(=S)C(C#N)C(=O)O. The second-order valence-corrected chi connectivity index (χ2v) is 2.23. The van der Waals surface area contributed by atoms with Gasteiger partial charge in [-0.1, -0.05) is 12.2 Å². The summed E-state index contributed by atoms with van der Waals surface area (Å²) in [6.07, 6.45) is 0. The molecule has 0 aliphatic carbocycles. The largest absolute Gasteiger partial charge is 0.480 e. The number of nitrogens with one attached hydrogen (secondary N) is 1. The molecule has 0 rings (SSSR count). The van der Waals surface area contributed by atoms with Crippen molar-refractivity contribution in [3.8, 4) is 6.07 Å². The summed E-state index contributed by atoms with van der Waals surface area (Å²) < 4.78 is 0. The van der Waals surface area contributed by atoms with Crippen molar-refractivity contribution in [1.82, 2.24) is 5.32 Å². The van der Waals surface area contributed by atoms with E-state index in [0.29, 0.717) is 6.54 Å². The van der Waals surface area contributed by atoms with Gasteiger partial charge in [0.2, 0.25) is 0 Å². The van der Waals surface area contributed by atoms with Crippen molar-refractivity contribution >= 4 is 23.2 Å². The first-order chi connectivity index (χ1) is 5.13. The van der Waals surface area contributed by atoms with Gasteiger partial charge in [-0.3, -0.25) is 4.79 Å². The topological polar surface area (TPSA) is 73.1 Å². The van der Waals surface area contributed by atoms with Gasteiger partial charge in [-0.2, -0.15) is 5.26 Å². The Labute approximate surface area is 69.8 Å². The van der Waals surface area contributed by atoms with Gasteiger partial charge >= 0.3 is 5.97 Å². The third kappa shape index (κ3) is 2.96. The first kappa shape index (κ1) is 9.85. The molecule has 1 atom stereocenters. The van der Waals surface area contributed by atoms with Gasteiger partial charge in [0, 0.05) is 6.54 Å². The highest BCUT2D eigenvalue weighted by atomic mass is 32.1. The molecule has 0 spiro atoms. The first-order valence-electron chi connectivity index (χ1n) is 3.03. The van der Waals surface area contributed by atoms with Crippen molar-refractivity contribution in [1.29, 1.82) is 5.26 Å². The molecule has 0 aromatic carbocycles. The minimum atomic E-state index is -1.22. The van der Waals surface area contributed by atoms with E-state index in [9.17, 15) is 4.79 Å². The van der Waals surface area contributed by atoms with E-state index in [0.717, 1.165) is 0 Å². The minimum absolute atomic E-state index is 0.0718. The maximum Gasteiger partial charge on any atom is 0.327 e. The van der Waals surface area contributed by atoms with Crippen LogP contribution >= 0.6 is 12.2 Å². The number of nitrogens with zero attached hydrogens (tertiary/aromatic N) is 1. The molecule has 60 valence electrons. The Hall–Kier alpha value is -1.15. The fourth-order valence-electron chi connectivity index (χ4n) is 0.502. The van der Waals surface area contributed by atoms with E-state index >= 15 is 0 Å². The Bertz CT molecular complexity index is 209. The van der Waals surface area contributed by atoms with Gasteiger partial charge in [-0.15, -0.1) is 0 Å². The molecular weight excluding hydrogens is 164 g/mol. The summed E-state index contributed by atoms with van der Waals surface area (Å²) in [7, 11) is 0. The Kier molecular flexibility index (Phi) is 4.15. The summed E-state index contributed by atoms with van der Waals surface area (Å²) in [5.74, 6) is -2.43. The lowest BCUT2D eigenvalue weighted by Gasteiger charge is -2.05. The molecule has 0 heterocycles. The van der Waals surface area contributed by atoms with Crippen molar-refractivity contribution in [3.63, 3.8) is 0 Å². The molecule has 0 aliphatic rings. The highest BCUT2D eigenvalue weighted by molar-refractivity contribution is 7.80. The van der Waals surface area contributed by atoms with E-state index in [1.165, 1.54) is 0 Å². The fraction of sp³-hybridized carbons (Fsp3) is 0.500. The van der Waals surface area contributed by atoms with E-state index in [4.69, 9.17) is 10.4 Å². The Balaban J connectivity index is 4.18. The van der Waals surface area contributed by atoms with Crippen LogP contribution in [0.15, 0.2) is 0 Å². The molecule has 4 nitrogen and oxygen atoms in total.